The van der Waals surface area contributed by atoms with Gasteiger partial charge in [-0.2, -0.15) is 5.26 Å². The molecule has 3 aromatic carbocycles. The van der Waals surface area contributed by atoms with Crippen molar-refractivity contribution in [3.8, 4) is 6.19 Å². The topological polar surface area (TPSA) is 98.9 Å². The lowest BCUT2D eigenvalue weighted by Gasteiger charge is -2.26. The third-order valence-corrected chi connectivity index (χ3v) is 8.00. The van der Waals surface area contributed by atoms with Crippen LogP contribution in [-0.4, -0.2) is 43.7 Å². The molecule has 4 rings (SSSR count). The summed E-state index contributed by atoms with van der Waals surface area (Å²) in [4.78, 5) is 17.8. The fourth-order valence-electron chi connectivity index (χ4n) is 4.40. The zero-order valence-corrected chi connectivity index (χ0v) is 23.6. The summed E-state index contributed by atoms with van der Waals surface area (Å²) in [5.74, 6) is -1.29. The molecule has 41 heavy (non-hydrogen) atoms. The van der Waals surface area contributed by atoms with Crippen LogP contribution in [0.4, 0.5) is 14.5 Å². The fourth-order valence-corrected chi connectivity index (χ4v) is 5.91. The third kappa shape index (κ3) is 7.35. The average molecular weight is 578 g/mol. The highest BCUT2D eigenvalue weighted by molar-refractivity contribution is 8.00. The lowest BCUT2D eigenvalue weighted by atomic mass is 10.0. The van der Waals surface area contributed by atoms with Crippen LogP contribution in [0.15, 0.2) is 89.0 Å². The van der Waals surface area contributed by atoms with Gasteiger partial charge in [0.2, 0.25) is 11.7 Å². The second kappa shape index (κ2) is 14.0. The molecule has 2 N–H and O–H groups in total. The highest BCUT2D eigenvalue weighted by Crippen LogP contribution is 2.49. The van der Waals surface area contributed by atoms with E-state index < -0.39 is 28.8 Å². The summed E-state index contributed by atoms with van der Waals surface area (Å²) in [6.07, 6.45) is 1.51. The Kier molecular flexibility index (Phi) is 10.2. The first kappa shape index (κ1) is 29.9. The molecule has 3 atom stereocenters. The number of hydrogen-bond donors (Lipinski definition) is 2. The first-order chi connectivity index (χ1) is 19.9. The molecule has 1 heterocycles. The monoisotopic (exact) mass is 577 g/mol. The minimum atomic E-state index is -0.873. The van der Waals surface area contributed by atoms with Crippen molar-refractivity contribution in [2.75, 3.05) is 20.1 Å². The van der Waals surface area contributed by atoms with Crippen LogP contribution in [0, 0.1) is 23.1 Å². The number of nitriles is 1. The molecule has 0 aromatic heterocycles. The van der Waals surface area contributed by atoms with Crippen LogP contribution in [0.3, 0.4) is 0 Å². The van der Waals surface area contributed by atoms with E-state index in [0.717, 1.165) is 29.4 Å². The molecular weight excluding hydrogens is 546 g/mol. The number of ketones is 1. The van der Waals surface area contributed by atoms with Gasteiger partial charge in [0.1, 0.15) is 41.5 Å². The standard InChI is InChI=1S/C30H31F2N6O2S/c1-21(40-19-22-10-5-3-6-11-22)28(39)27-29(25-18-23(31)14-15-26(25)32)41-38(37-27,24-12-7-4-8-13-24)17-9-16-35-30(34-2)36-20-33/h3-8,10-15,18,21,29H,9,16-17,19H2,1-2H3,(H2,34,35,36)/q+1. The Balaban J connectivity index is 1.67. The maximum absolute atomic E-state index is 15.1. The van der Waals surface area contributed by atoms with Crippen LogP contribution >= 0.6 is 11.9 Å². The van der Waals surface area contributed by atoms with Crippen LogP contribution in [0.5, 0.6) is 0 Å². The Hall–Kier alpha value is -4.11. The average Bonchev–Trinajstić information content (AvgIpc) is 3.40. The van der Waals surface area contributed by atoms with E-state index in [4.69, 9.17) is 15.1 Å². The van der Waals surface area contributed by atoms with Crippen LogP contribution in [0.1, 0.15) is 29.7 Å². The minimum Gasteiger partial charge on any atom is -0.366 e. The van der Waals surface area contributed by atoms with E-state index in [9.17, 15) is 9.18 Å². The first-order valence-corrected chi connectivity index (χ1v) is 13.9. The summed E-state index contributed by atoms with van der Waals surface area (Å²) in [6, 6.07) is 22.1. The summed E-state index contributed by atoms with van der Waals surface area (Å²) in [5.41, 5.74) is 1.84. The number of aliphatic imine (C=N–C) groups is 1. The number of Topliss-reactive ketones (excluding diaryl/α,β-unsaturated/α-hetero) is 1. The van der Waals surface area contributed by atoms with Crippen LogP contribution in [0.2, 0.25) is 0 Å². The Morgan fingerprint density at radius 1 is 1.15 bits per heavy atom. The molecule has 0 radical (unpaired) electrons. The van der Waals surface area contributed by atoms with E-state index in [1.165, 1.54) is 11.9 Å². The number of halogens is 2. The summed E-state index contributed by atoms with van der Waals surface area (Å²) >= 11 is 1.26. The van der Waals surface area contributed by atoms with Gasteiger partial charge in [0.05, 0.1) is 6.61 Å². The second-order valence-corrected chi connectivity index (χ2v) is 10.6. The number of para-hydroxylation sites is 1. The summed E-state index contributed by atoms with van der Waals surface area (Å²) in [5, 5.41) is 18.5. The van der Waals surface area contributed by atoms with Crippen molar-refractivity contribution in [1.82, 2.24) is 14.6 Å². The van der Waals surface area contributed by atoms with Crippen molar-refractivity contribution >= 4 is 35.1 Å². The van der Waals surface area contributed by atoms with Gasteiger partial charge in [-0.25, -0.2) is 8.78 Å². The number of ether oxygens (including phenoxy) is 1. The van der Waals surface area contributed by atoms with Gasteiger partial charge in [-0.15, -0.1) is 4.00 Å². The Morgan fingerprint density at radius 2 is 1.85 bits per heavy atom. The predicted octanol–water partition coefficient (Wildman–Crippen LogP) is 5.24. The van der Waals surface area contributed by atoms with Gasteiger partial charge in [0, 0.05) is 37.7 Å². The molecule has 11 heteroatoms. The quantitative estimate of drug-likeness (QED) is 0.0615. The van der Waals surface area contributed by atoms with Crippen molar-refractivity contribution in [1.29, 1.82) is 5.26 Å². The van der Waals surface area contributed by atoms with Crippen molar-refractivity contribution in [2.24, 2.45) is 10.1 Å². The van der Waals surface area contributed by atoms with E-state index in [1.807, 2.05) is 66.9 Å². The molecule has 0 aliphatic carbocycles. The molecule has 3 unspecified atom stereocenters. The first-order valence-electron chi connectivity index (χ1n) is 13.1. The van der Waals surface area contributed by atoms with Crippen LogP contribution in [0.25, 0.3) is 0 Å². The van der Waals surface area contributed by atoms with Gasteiger partial charge in [0.25, 0.3) is 0 Å². The third-order valence-electron chi connectivity index (χ3n) is 6.49. The summed E-state index contributed by atoms with van der Waals surface area (Å²) < 4.78 is 35.3. The van der Waals surface area contributed by atoms with Gasteiger partial charge in [-0.1, -0.05) is 53.6 Å². The number of quaternary nitrogens is 1. The zero-order chi connectivity index (χ0) is 29.2. The van der Waals surface area contributed by atoms with Crippen molar-refractivity contribution in [3.63, 3.8) is 0 Å². The SMILES string of the molecule is CN=C(NC#N)NCCC[N+]1(c2ccccc2)N=C(C(=O)C(C)OCc2ccccc2)C(c2cc(F)ccc2F)S1. The number of benzene rings is 3. The number of nitrogens with zero attached hydrogens (tertiary/aromatic N) is 4. The molecule has 1 aliphatic heterocycles. The van der Waals surface area contributed by atoms with Gasteiger partial charge in [0.15, 0.2) is 17.6 Å². The molecule has 0 amide bonds. The number of carbonyl (C=O) groups is 1. The minimum absolute atomic E-state index is 0.0463. The summed E-state index contributed by atoms with van der Waals surface area (Å²) in [7, 11) is 1.56. The molecule has 0 saturated carbocycles. The zero-order valence-electron chi connectivity index (χ0n) is 22.8. The molecule has 0 fully saturated rings. The second-order valence-electron chi connectivity index (χ2n) is 9.29. The molecule has 8 nitrogen and oxygen atoms in total. The Labute approximate surface area is 242 Å². The van der Waals surface area contributed by atoms with E-state index in [1.54, 1.807) is 14.0 Å². The van der Waals surface area contributed by atoms with Gasteiger partial charge >= 0.3 is 0 Å². The number of nitrogens with one attached hydrogen (secondary N) is 2. The molecule has 0 spiro atoms. The van der Waals surface area contributed by atoms with Crippen molar-refractivity contribution in [2.45, 2.75) is 31.3 Å². The van der Waals surface area contributed by atoms with Gasteiger partial charge < -0.3 is 10.1 Å². The lowest BCUT2D eigenvalue weighted by molar-refractivity contribution is -0.123. The maximum atomic E-state index is 15.1. The van der Waals surface area contributed by atoms with Gasteiger partial charge in [-0.05, 0) is 30.7 Å². The highest BCUT2D eigenvalue weighted by atomic mass is 32.2. The van der Waals surface area contributed by atoms with Crippen molar-refractivity contribution in [3.05, 3.63) is 102 Å². The number of guanidine groups is 1. The number of hydrogen-bond acceptors (Lipinski definition) is 6. The molecule has 0 bridgehead atoms. The molecular formula is C30H31F2N6O2S+. The van der Waals surface area contributed by atoms with Gasteiger partial charge in [-0.3, -0.25) is 15.1 Å². The molecule has 3 aromatic rings. The van der Waals surface area contributed by atoms with E-state index in [-0.39, 0.29) is 21.9 Å². The molecule has 212 valence electrons. The lowest BCUT2D eigenvalue weighted by Crippen LogP contribution is -2.39. The highest BCUT2D eigenvalue weighted by Gasteiger charge is 2.50. The Morgan fingerprint density at radius 3 is 2.54 bits per heavy atom. The number of carbonyl (C=O) groups excluding carboxylic acids is 1. The van der Waals surface area contributed by atoms with E-state index in [0.29, 0.717) is 25.5 Å². The maximum Gasteiger partial charge on any atom is 0.212 e. The normalized spacial score (nSPS) is 19.2. The molecule has 0 saturated heterocycles. The fraction of sp³-hybridized carbons (Fsp3) is 0.267. The van der Waals surface area contributed by atoms with E-state index >= 15 is 4.39 Å². The van der Waals surface area contributed by atoms with Crippen molar-refractivity contribution < 1.29 is 18.3 Å². The smallest absolute Gasteiger partial charge is 0.212 e. The van der Waals surface area contributed by atoms with Crippen LogP contribution in [-0.2, 0) is 16.1 Å². The number of rotatable bonds is 11. The molecule has 1 aliphatic rings. The van der Waals surface area contributed by atoms with Crippen LogP contribution < -0.4 is 14.6 Å². The largest absolute Gasteiger partial charge is 0.366 e. The van der Waals surface area contributed by atoms with E-state index in [2.05, 4.69) is 15.6 Å². The summed E-state index contributed by atoms with van der Waals surface area (Å²) in [6.45, 7) is 2.72. The Bertz CT molecular complexity index is 1450. The predicted molar refractivity (Wildman–Crippen MR) is 158 cm³/mol.